The number of nitrogens with zero attached hydrogens (tertiary/aromatic N) is 1. The Morgan fingerprint density at radius 2 is 1.87 bits per heavy atom. The summed E-state index contributed by atoms with van der Waals surface area (Å²) in [6.07, 6.45) is 1.21. The Kier molecular flexibility index (Phi) is 9.67. The van der Waals surface area contributed by atoms with E-state index in [0.29, 0.717) is 0 Å². The lowest BCUT2D eigenvalue weighted by atomic mass is 10.6. The Balaban J connectivity index is 3.91. The first kappa shape index (κ1) is 15.3. The van der Waals surface area contributed by atoms with Gasteiger partial charge in [-0.25, -0.2) is 0 Å². The van der Waals surface area contributed by atoms with Crippen LogP contribution in [0, 0.1) is 0 Å². The van der Waals surface area contributed by atoms with Crippen molar-refractivity contribution in [1.82, 2.24) is 9.88 Å². The van der Waals surface area contributed by atoms with E-state index in [-0.39, 0.29) is 0 Å². The molecule has 0 unspecified atom stereocenters. The van der Waals surface area contributed by atoms with Crippen molar-refractivity contribution in [2.75, 3.05) is 41.4 Å². The minimum absolute atomic E-state index is 0.614. The molecule has 15 heavy (non-hydrogen) atoms. The van der Waals surface area contributed by atoms with Crippen molar-refractivity contribution in [2.24, 2.45) is 0 Å². The van der Waals surface area contributed by atoms with E-state index in [4.69, 9.17) is 8.85 Å². The SMILES string of the molecule is CCC[Si](NCCN(C)C)[SiH](OC)OC. The Bertz CT molecular complexity index is 146. The third kappa shape index (κ3) is 7.21. The van der Waals surface area contributed by atoms with Gasteiger partial charge in [0.2, 0.25) is 0 Å². The Labute approximate surface area is 97.3 Å². The molecule has 0 aliphatic rings. The van der Waals surface area contributed by atoms with E-state index in [0.717, 1.165) is 13.1 Å². The van der Waals surface area contributed by atoms with Crippen molar-refractivity contribution in [1.29, 1.82) is 0 Å². The Hall–Kier alpha value is 0.274. The van der Waals surface area contributed by atoms with Gasteiger partial charge in [0.1, 0.15) is 0 Å². The normalized spacial score (nSPS) is 12.0. The van der Waals surface area contributed by atoms with E-state index in [1.165, 1.54) is 12.5 Å². The summed E-state index contributed by atoms with van der Waals surface area (Å²) in [5.74, 6) is 0. The summed E-state index contributed by atoms with van der Waals surface area (Å²) in [6.45, 7) is 4.33. The van der Waals surface area contributed by atoms with Crippen LogP contribution in [-0.2, 0) is 8.85 Å². The molecule has 0 amide bonds. The summed E-state index contributed by atoms with van der Waals surface area (Å²) in [4.78, 5) is 5.81. The van der Waals surface area contributed by atoms with Gasteiger partial charge in [-0.1, -0.05) is 13.3 Å². The van der Waals surface area contributed by atoms with E-state index in [1.807, 2.05) is 0 Å². The molecule has 0 aliphatic carbocycles. The summed E-state index contributed by atoms with van der Waals surface area (Å²) >= 11 is 0. The second kappa shape index (κ2) is 9.50. The van der Waals surface area contributed by atoms with Crippen LogP contribution in [0.5, 0.6) is 0 Å². The lowest BCUT2D eigenvalue weighted by Crippen LogP contribution is -2.52. The summed E-state index contributed by atoms with van der Waals surface area (Å²) in [6, 6.07) is 1.23. The van der Waals surface area contributed by atoms with Crippen LogP contribution in [-0.4, -0.2) is 63.6 Å². The molecule has 0 rings (SSSR count). The van der Waals surface area contributed by atoms with Crippen LogP contribution in [0.25, 0.3) is 0 Å². The van der Waals surface area contributed by atoms with Gasteiger partial charge in [0, 0.05) is 27.3 Å². The third-order valence-electron chi connectivity index (χ3n) is 2.14. The van der Waals surface area contributed by atoms with Gasteiger partial charge in [-0.2, -0.15) is 0 Å². The topological polar surface area (TPSA) is 33.7 Å². The largest absolute Gasteiger partial charge is 0.402 e. The maximum absolute atomic E-state index is 5.46. The van der Waals surface area contributed by atoms with Gasteiger partial charge in [0.25, 0.3) is 0 Å². The highest BCUT2D eigenvalue weighted by atomic mass is 29.2. The number of rotatable bonds is 9. The van der Waals surface area contributed by atoms with Gasteiger partial charge < -0.3 is 18.7 Å². The van der Waals surface area contributed by atoms with E-state index in [2.05, 4.69) is 30.9 Å². The van der Waals surface area contributed by atoms with Gasteiger partial charge in [-0.3, -0.25) is 0 Å². The average Bonchev–Trinajstić information content (AvgIpc) is 2.19. The van der Waals surface area contributed by atoms with E-state index in [9.17, 15) is 0 Å². The first-order valence-corrected chi connectivity index (χ1v) is 9.91. The van der Waals surface area contributed by atoms with E-state index in [1.54, 1.807) is 14.2 Å². The van der Waals surface area contributed by atoms with Crippen LogP contribution >= 0.6 is 0 Å². The molecule has 1 N–H and O–H groups in total. The fraction of sp³-hybridized carbons (Fsp3) is 1.00. The molecule has 0 saturated carbocycles. The fourth-order valence-electron chi connectivity index (χ4n) is 1.38. The number of nitrogens with one attached hydrogen (secondary N) is 1. The average molecular weight is 249 g/mol. The minimum atomic E-state index is -1.42. The second-order valence-electron chi connectivity index (χ2n) is 3.81. The molecule has 91 valence electrons. The molecule has 0 bridgehead atoms. The van der Waals surface area contributed by atoms with Crippen LogP contribution in [0.15, 0.2) is 0 Å². The highest BCUT2D eigenvalue weighted by molar-refractivity contribution is 7.15. The summed E-state index contributed by atoms with van der Waals surface area (Å²) in [7, 11) is 5.70. The molecule has 0 aromatic rings. The molecular weight excluding hydrogens is 224 g/mol. The van der Waals surface area contributed by atoms with Crippen LogP contribution in [0.1, 0.15) is 13.3 Å². The second-order valence-corrected chi connectivity index (χ2v) is 10.8. The molecular formula is C9H25N2O2Si2. The maximum atomic E-state index is 5.46. The number of hydrogen-bond donors (Lipinski definition) is 1. The molecule has 0 aromatic carbocycles. The summed E-state index contributed by atoms with van der Waals surface area (Å²) in [5, 5.41) is 0. The molecule has 0 heterocycles. The number of hydrogen-bond acceptors (Lipinski definition) is 4. The van der Waals surface area contributed by atoms with Crippen molar-refractivity contribution < 1.29 is 8.85 Å². The highest BCUT2D eigenvalue weighted by Crippen LogP contribution is 2.00. The van der Waals surface area contributed by atoms with Crippen molar-refractivity contribution >= 4 is 17.3 Å². The van der Waals surface area contributed by atoms with Crippen LogP contribution in [0.2, 0.25) is 6.04 Å². The zero-order valence-corrected chi connectivity index (χ0v) is 12.8. The lowest BCUT2D eigenvalue weighted by Gasteiger charge is -2.22. The minimum Gasteiger partial charge on any atom is -0.402 e. The molecule has 1 radical (unpaired) electrons. The van der Waals surface area contributed by atoms with E-state index >= 15 is 0 Å². The van der Waals surface area contributed by atoms with Crippen LogP contribution < -0.4 is 4.98 Å². The molecule has 0 spiro atoms. The van der Waals surface area contributed by atoms with E-state index < -0.39 is 17.3 Å². The molecule has 0 saturated heterocycles. The zero-order valence-electron chi connectivity index (χ0n) is 10.7. The quantitative estimate of drug-likeness (QED) is 0.589. The predicted octanol–water partition coefficient (Wildman–Crippen LogP) is 0.131. The van der Waals surface area contributed by atoms with Gasteiger partial charge in [-0.15, -0.1) is 0 Å². The van der Waals surface area contributed by atoms with Gasteiger partial charge in [0.15, 0.2) is 8.48 Å². The van der Waals surface area contributed by atoms with Gasteiger partial charge in [0.05, 0.1) is 0 Å². The zero-order chi connectivity index (χ0) is 11.7. The Morgan fingerprint density at radius 3 is 2.27 bits per heavy atom. The highest BCUT2D eigenvalue weighted by Gasteiger charge is 2.25. The molecule has 0 atom stereocenters. The fourth-order valence-corrected chi connectivity index (χ4v) is 7.91. The molecule has 0 fully saturated rings. The first-order valence-electron chi connectivity index (χ1n) is 5.45. The maximum Gasteiger partial charge on any atom is 0.316 e. The predicted molar refractivity (Wildman–Crippen MR) is 68.6 cm³/mol. The molecule has 6 heteroatoms. The van der Waals surface area contributed by atoms with Gasteiger partial charge >= 0.3 is 8.80 Å². The molecule has 4 nitrogen and oxygen atoms in total. The van der Waals surface area contributed by atoms with Gasteiger partial charge in [-0.05, 0) is 20.1 Å². The number of likely N-dealkylation sites (N-methyl/N-ethyl adjacent to an activating group) is 1. The standard InChI is InChI=1S/C9H25N2O2Si2/c1-6-9-14(15(12-4)13-5)10-7-8-11(2)3/h10,15H,6-9H2,1-5H3. The first-order chi connectivity index (χ1) is 7.15. The third-order valence-corrected chi connectivity index (χ3v) is 9.91. The van der Waals surface area contributed by atoms with Crippen molar-refractivity contribution in [2.45, 2.75) is 19.4 Å². The van der Waals surface area contributed by atoms with Crippen LogP contribution in [0.4, 0.5) is 0 Å². The molecule has 0 aromatic heterocycles. The summed E-state index contributed by atoms with van der Waals surface area (Å²) in [5.41, 5.74) is 0. The van der Waals surface area contributed by atoms with Crippen molar-refractivity contribution in [3.05, 3.63) is 0 Å². The summed E-state index contributed by atoms with van der Waals surface area (Å²) < 4.78 is 10.9. The lowest BCUT2D eigenvalue weighted by molar-refractivity contribution is 0.295. The van der Waals surface area contributed by atoms with Crippen LogP contribution in [0.3, 0.4) is 0 Å². The van der Waals surface area contributed by atoms with Crippen molar-refractivity contribution in [3.63, 3.8) is 0 Å². The monoisotopic (exact) mass is 249 g/mol. The molecule has 0 aliphatic heterocycles. The van der Waals surface area contributed by atoms with Crippen molar-refractivity contribution in [3.8, 4) is 0 Å². The Morgan fingerprint density at radius 1 is 1.27 bits per heavy atom. The smallest absolute Gasteiger partial charge is 0.316 e.